The number of anilines is 2. The Morgan fingerprint density at radius 2 is 1.83 bits per heavy atom. The number of nitrogens with zero attached hydrogens (tertiary/aromatic N) is 1. The highest BCUT2D eigenvalue weighted by Gasteiger charge is 2.32. The maximum Gasteiger partial charge on any atom is 0.261 e. The van der Waals surface area contributed by atoms with Gasteiger partial charge in [0.2, 0.25) is 5.91 Å². The quantitative estimate of drug-likeness (QED) is 0.759. The molecule has 1 saturated carbocycles. The molecule has 0 radical (unpaired) electrons. The Morgan fingerprint density at radius 1 is 1.10 bits per heavy atom. The number of amides is 1. The third-order valence-electron chi connectivity index (χ3n) is 5.98. The van der Waals surface area contributed by atoms with Gasteiger partial charge in [-0.25, -0.2) is 8.42 Å². The molecule has 0 aromatic heterocycles. The van der Waals surface area contributed by atoms with Gasteiger partial charge < -0.3 is 4.90 Å². The normalized spacial score (nSPS) is 16.8. The molecule has 1 aliphatic carbocycles. The van der Waals surface area contributed by atoms with Crippen LogP contribution in [0.5, 0.6) is 0 Å². The van der Waals surface area contributed by atoms with Gasteiger partial charge in [0, 0.05) is 18.2 Å². The zero-order valence-corrected chi connectivity index (χ0v) is 17.7. The number of fused-ring (bicyclic) bond motifs is 1. The van der Waals surface area contributed by atoms with E-state index in [2.05, 4.69) is 11.6 Å². The SMILES string of the molecule is CCCc1ccc(S(=O)(=O)Nc2ccc3c(c2)N(C(=O)C2CCCC2)CC3)cc1. The van der Waals surface area contributed by atoms with Crippen molar-refractivity contribution >= 4 is 27.3 Å². The van der Waals surface area contributed by atoms with Gasteiger partial charge in [-0.2, -0.15) is 0 Å². The third-order valence-corrected chi connectivity index (χ3v) is 7.37. The monoisotopic (exact) mass is 412 g/mol. The third kappa shape index (κ3) is 4.17. The second-order valence-corrected chi connectivity index (χ2v) is 9.75. The van der Waals surface area contributed by atoms with Gasteiger partial charge in [-0.05, 0) is 61.1 Å². The first kappa shape index (κ1) is 20.0. The van der Waals surface area contributed by atoms with Crippen molar-refractivity contribution in [2.45, 2.75) is 56.8 Å². The molecule has 0 bridgehead atoms. The highest BCUT2D eigenvalue weighted by Crippen LogP contribution is 2.35. The van der Waals surface area contributed by atoms with Crippen LogP contribution in [-0.2, 0) is 27.7 Å². The van der Waals surface area contributed by atoms with E-state index in [1.807, 2.05) is 23.1 Å². The summed E-state index contributed by atoms with van der Waals surface area (Å²) in [4.78, 5) is 15.0. The predicted octanol–water partition coefficient (Wildman–Crippen LogP) is 4.52. The Balaban J connectivity index is 1.54. The van der Waals surface area contributed by atoms with E-state index in [-0.39, 0.29) is 16.7 Å². The van der Waals surface area contributed by atoms with Crippen molar-refractivity contribution in [1.29, 1.82) is 0 Å². The van der Waals surface area contributed by atoms with E-state index in [9.17, 15) is 13.2 Å². The van der Waals surface area contributed by atoms with Crippen molar-refractivity contribution in [3.63, 3.8) is 0 Å². The highest BCUT2D eigenvalue weighted by atomic mass is 32.2. The number of hydrogen-bond donors (Lipinski definition) is 1. The van der Waals surface area contributed by atoms with Crippen molar-refractivity contribution in [2.24, 2.45) is 5.92 Å². The number of hydrogen-bond acceptors (Lipinski definition) is 3. The van der Waals surface area contributed by atoms with Crippen LogP contribution in [0.3, 0.4) is 0 Å². The van der Waals surface area contributed by atoms with Crippen LogP contribution in [-0.4, -0.2) is 20.9 Å². The summed E-state index contributed by atoms with van der Waals surface area (Å²) in [6, 6.07) is 12.5. The molecule has 1 fully saturated rings. The first-order valence-electron chi connectivity index (χ1n) is 10.5. The molecular weight excluding hydrogens is 384 g/mol. The number of benzene rings is 2. The zero-order valence-electron chi connectivity index (χ0n) is 16.9. The number of carbonyl (C=O) groups excluding carboxylic acids is 1. The molecule has 1 heterocycles. The molecule has 1 aliphatic heterocycles. The first-order valence-corrected chi connectivity index (χ1v) is 12.0. The van der Waals surface area contributed by atoms with Crippen LogP contribution >= 0.6 is 0 Å². The van der Waals surface area contributed by atoms with E-state index in [0.29, 0.717) is 12.2 Å². The number of nitrogens with one attached hydrogen (secondary N) is 1. The topological polar surface area (TPSA) is 66.5 Å². The molecule has 1 amide bonds. The van der Waals surface area contributed by atoms with E-state index in [0.717, 1.165) is 61.8 Å². The lowest BCUT2D eigenvalue weighted by atomic mass is 10.1. The second-order valence-electron chi connectivity index (χ2n) is 8.06. The molecule has 2 aromatic rings. The molecule has 0 spiro atoms. The van der Waals surface area contributed by atoms with Gasteiger partial charge in [-0.1, -0.05) is 44.4 Å². The summed E-state index contributed by atoms with van der Waals surface area (Å²) in [6.45, 7) is 2.78. The number of rotatable bonds is 6. The Hall–Kier alpha value is -2.34. The first-order chi connectivity index (χ1) is 14.0. The summed E-state index contributed by atoms with van der Waals surface area (Å²) >= 11 is 0. The fourth-order valence-electron chi connectivity index (χ4n) is 4.40. The van der Waals surface area contributed by atoms with Crippen LogP contribution in [0.1, 0.15) is 50.2 Å². The van der Waals surface area contributed by atoms with E-state index >= 15 is 0 Å². The lowest BCUT2D eigenvalue weighted by Gasteiger charge is -2.22. The molecule has 29 heavy (non-hydrogen) atoms. The Bertz CT molecular complexity index is 993. The number of carbonyl (C=O) groups is 1. The number of sulfonamides is 1. The van der Waals surface area contributed by atoms with E-state index in [1.54, 1.807) is 24.3 Å². The smallest absolute Gasteiger partial charge is 0.261 e. The predicted molar refractivity (Wildman–Crippen MR) is 116 cm³/mol. The molecule has 5 nitrogen and oxygen atoms in total. The Labute approximate surface area is 173 Å². The average Bonchev–Trinajstić information content (AvgIpc) is 3.38. The van der Waals surface area contributed by atoms with Crippen LogP contribution in [0, 0.1) is 5.92 Å². The van der Waals surface area contributed by atoms with Gasteiger partial charge in [-0.15, -0.1) is 0 Å². The Kier molecular flexibility index (Phi) is 5.63. The summed E-state index contributed by atoms with van der Waals surface area (Å²) < 4.78 is 28.3. The van der Waals surface area contributed by atoms with Crippen LogP contribution in [0.2, 0.25) is 0 Å². The summed E-state index contributed by atoms with van der Waals surface area (Å²) in [5.41, 5.74) is 3.57. The molecule has 1 N–H and O–H groups in total. The summed E-state index contributed by atoms with van der Waals surface area (Å²) in [5.74, 6) is 0.302. The van der Waals surface area contributed by atoms with Crippen LogP contribution in [0.15, 0.2) is 47.4 Å². The molecule has 2 aliphatic rings. The van der Waals surface area contributed by atoms with E-state index < -0.39 is 10.0 Å². The van der Waals surface area contributed by atoms with E-state index in [1.165, 1.54) is 0 Å². The summed E-state index contributed by atoms with van der Waals surface area (Å²) in [5, 5.41) is 0. The van der Waals surface area contributed by atoms with Gasteiger partial charge in [-0.3, -0.25) is 9.52 Å². The minimum absolute atomic E-state index is 0.114. The molecular formula is C23H28N2O3S. The lowest BCUT2D eigenvalue weighted by molar-refractivity contribution is -0.122. The van der Waals surface area contributed by atoms with Gasteiger partial charge in [0.1, 0.15) is 0 Å². The molecule has 0 saturated heterocycles. The molecule has 0 unspecified atom stereocenters. The summed E-state index contributed by atoms with van der Waals surface area (Å²) in [7, 11) is -3.67. The maximum absolute atomic E-state index is 12.9. The lowest BCUT2D eigenvalue weighted by Crippen LogP contribution is -2.33. The molecule has 154 valence electrons. The molecule has 2 aromatic carbocycles. The fourth-order valence-corrected chi connectivity index (χ4v) is 5.45. The molecule has 6 heteroatoms. The molecule has 0 atom stereocenters. The van der Waals surface area contributed by atoms with Gasteiger partial charge in [0.25, 0.3) is 10.0 Å². The van der Waals surface area contributed by atoms with Crippen LogP contribution in [0.4, 0.5) is 11.4 Å². The van der Waals surface area contributed by atoms with Gasteiger partial charge >= 0.3 is 0 Å². The minimum Gasteiger partial charge on any atom is -0.312 e. The highest BCUT2D eigenvalue weighted by molar-refractivity contribution is 7.92. The fraction of sp³-hybridized carbons (Fsp3) is 0.435. The van der Waals surface area contributed by atoms with Crippen LogP contribution in [0.25, 0.3) is 0 Å². The van der Waals surface area contributed by atoms with E-state index in [4.69, 9.17) is 0 Å². The molecule has 4 rings (SSSR count). The second kappa shape index (κ2) is 8.19. The van der Waals surface area contributed by atoms with Crippen molar-refractivity contribution in [1.82, 2.24) is 0 Å². The standard InChI is InChI=1S/C23H28N2O3S/c1-2-5-17-8-12-21(13-9-17)29(27,28)24-20-11-10-18-14-15-25(22(18)16-20)23(26)19-6-3-4-7-19/h8-13,16,19,24H,2-7,14-15H2,1H3. The average molecular weight is 413 g/mol. The zero-order chi connectivity index (χ0) is 20.4. The van der Waals surface area contributed by atoms with Crippen molar-refractivity contribution in [3.8, 4) is 0 Å². The maximum atomic E-state index is 12.9. The Morgan fingerprint density at radius 3 is 2.52 bits per heavy atom. The number of aryl methyl sites for hydroxylation is 1. The minimum atomic E-state index is -3.67. The van der Waals surface area contributed by atoms with Gasteiger partial charge in [0.15, 0.2) is 0 Å². The van der Waals surface area contributed by atoms with Gasteiger partial charge in [0.05, 0.1) is 10.6 Å². The summed E-state index contributed by atoms with van der Waals surface area (Å²) in [6.07, 6.45) is 6.94. The van der Waals surface area contributed by atoms with Crippen molar-refractivity contribution in [3.05, 3.63) is 53.6 Å². The largest absolute Gasteiger partial charge is 0.312 e. The van der Waals surface area contributed by atoms with Crippen molar-refractivity contribution < 1.29 is 13.2 Å². The van der Waals surface area contributed by atoms with Crippen molar-refractivity contribution in [2.75, 3.05) is 16.2 Å². The van der Waals surface area contributed by atoms with Crippen LogP contribution < -0.4 is 9.62 Å².